The Hall–Kier alpha value is -2.09. The van der Waals surface area contributed by atoms with Gasteiger partial charge in [0.1, 0.15) is 16.7 Å². The molecular formula is C14H18N4O3S. The van der Waals surface area contributed by atoms with E-state index in [0.29, 0.717) is 17.5 Å². The second-order valence-electron chi connectivity index (χ2n) is 4.56. The Balaban J connectivity index is 2.30. The predicted octanol–water partition coefficient (Wildman–Crippen LogP) is 2.02. The van der Waals surface area contributed by atoms with E-state index in [2.05, 4.69) is 15.5 Å². The van der Waals surface area contributed by atoms with Gasteiger partial charge < -0.3 is 9.47 Å². The molecule has 1 atom stereocenters. The summed E-state index contributed by atoms with van der Waals surface area (Å²) in [4.78, 5) is 11.7. The molecule has 0 N–H and O–H groups in total. The third kappa shape index (κ3) is 3.56. The van der Waals surface area contributed by atoms with Crippen LogP contribution < -0.4 is 4.74 Å². The molecule has 0 saturated carbocycles. The van der Waals surface area contributed by atoms with Gasteiger partial charge in [-0.1, -0.05) is 17.8 Å². The number of carbonyl (C=O) groups excluding carboxylic acids is 1. The summed E-state index contributed by atoms with van der Waals surface area (Å²) >= 11 is 1.24. The lowest BCUT2D eigenvalue weighted by Crippen LogP contribution is -2.17. The molecule has 1 aromatic heterocycles. The Morgan fingerprint density at radius 2 is 2.23 bits per heavy atom. The summed E-state index contributed by atoms with van der Waals surface area (Å²) in [5, 5.41) is 11.8. The second kappa shape index (κ2) is 7.26. The molecule has 2 rings (SSSR count). The number of hydrogen-bond donors (Lipinski definition) is 0. The van der Waals surface area contributed by atoms with Crippen LogP contribution in [0.25, 0.3) is 5.69 Å². The van der Waals surface area contributed by atoms with Gasteiger partial charge >= 0.3 is 5.97 Å². The molecule has 0 radical (unpaired) electrons. The fraction of sp³-hybridized carbons (Fsp3) is 0.429. The molecule has 0 aliphatic rings. The molecule has 8 heteroatoms. The molecule has 1 heterocycles. The number of benzene rings is 1. The highest BCUT2D eigenvalue weighted by Crippen LogP contribution is 2.28. The van der Waals surface area contributed by atoms with Crippen LogP contribution in [0.5, 0.6) is 5.75 Å². The molecule has 0 fully saturated rings. The van der Waals surface area contributed by atoms with E-state index in [9.17, 15) is 4.79 Å². The second-order valence-corrected chi connectivity index (χ2v) is 5.87. The van der Waals surface area contributed by atoms with Crippen molar-refractivity contribution in [2.75, 3.05) is 13.7 Å². The van der Waals surface area contributed by atoms with Crippen molar-refractivity contribution in [2.24, 2.45) is 0 Å². The lowest BCUT2D eigenvalue weighted by Gasteiger charge is -2.12. The summed E-state index contributed by atoms with van der Waals surface area (Å²) in [6.45, 7) is 5.85. The summed E-state index contributed by atoms with van der Waals surface area (Å²) in [6, 6.07) is 5.73. The standard InChI is InChI=1S/C14H18N4O3S/c1-5-21-13(19)10(3)22-14-15-16-17-18(14)11-8-9(2)6-7-12(11)20-4/h6-8,10H,5H2,1-4H3. The molecule has 0 amide bonds. The number of aromatic nitrogens is 4. The number of hydrogen-bond acceptors (Lipinski definition) is 7. The number of rotatable bonds is 6. The Morgan fingerprint density at radius 1 is 1.45 bits per heavy atom. The maximum absolute atomic E-state index is 11.7. The zero-order valence-corrected chi connectivity index (χ0v) is 13.8. The van der Waals surface area contributed by atoms with Crippen LogP contribution in [-0.4, -0.2) is 45.1 Å². The zero-order valence-electron chi connectivity index (χ0n) is 12.9. The van der Waals surface area contributed by atoms with E-state index < -0.39 is 5.25 Å². The predicted molar refractivity (Wildman–Crippen MR) is 82.4 cm³/mol. The minimum Gasteiger partial charge on any atom is -0.494 e. The molecule has 0 aliphatic carbocycles. The first-order valence-corrected chi connectivity index (χ1v) is 7.71. The number of aryl methyl sites for hydroxylation is 1. The average Bonchev–Trinajstić information content (AvgIpc) is 2.95. The minimum atomic E-state index is -0.402. The van der Waals surface area contributed by atoms with E-state index in [4.69, 9.17) is 9.47 Å². The number of tetrazole rings is 1. The quantitative estimate of drug-likeness (QED) is 0.594. The van der Waals surface area contributed by atoms with Gasteiger partial charge in [-0.3, -0.25) is 4.79 Å². The van der Waals surface area contributed by atoms with E-state index in [0.717, 1.165) is 11.3 Å². The third-order valence-corrected chi connectivity index (χ3v) is 3.92. The van der Waals surface area contributed by atoms with Crippen molar-refractivity contribution in [1.82, 2.24) is 20.2 Å². The molecule has 1 unspecified atom stereocenters. The maximum Gasteiger partial charge on any atom is 0.319 e. The molecule has 118 valence electrons. The molecule has 0 saturated heterocycles. The molecule has 0 bridgehead atoms. The zero-order chi connectivity index (χ0) is 16.1. The van der Waals surface area contributed by atoms with Gasteiger partial charge in [0, 0.05) is 0 Å². The van der Waals surface area contributed by atoms with Crippen molar-refractivity contribution in [2.45, 2.75) is 31.2 Å². The van der Waals surface area contributed by atoms with E-state index in [1.165, 1.54) is 11.8 Å². The molecule has 0 aliphatic heterocycles. The summed E-state index contributed by atoms with van der Waals surface area (Å²) in [7, 11) is 1.59. The van der Waals surface area contributed by atoms with Crippen LogP contribution >= 0.6 is 11.8 Å². The van der Waals surface area contributed by atoms with Gasteiger partial charge in [-0.25, -0.2) is 0 Å². The number of nitrogens with zero attached hydrogens (tertiary/aromatic N) is 4. The van der Waals surface area contributed by atoms with Gasteiger partial charge in [0.15, 0.2) is 0 Å². The first-order valence-electron chi connectivity index (χ1n) is 6.83. The minimum absolute atomic E-state index is 0.293. The van der Waals surface area contributed by atoms with E-state index >= 15 is 0 Å². The van der Waals surface area contributed by atoms with Crippen LogP contribution in [0.15, 0.2) is 23.4 Å². The molecule has 7 nitrogen and oxygen atoms in total. The normalized spacial score (nSPS) is 12.0. The van der Waals surface area contributed by atoms with Crippen LogP contribution in [0.2, 0.25) is 0 Å². The first kappa shape index (κ1) is 16.3. The van der Waals surface area contributed by atoms with Gasteiger partial charge in [-0.15, -0.1) is 5.10 Å². The van der Waals surface area contributed by atoms with Crippen molar-refractivity contribution >= 4 is 17.7 Å². The average molecular weight is 322 g/mol. The number of esters is 1. The monoisotopic (exact) mass is 322 g/mol. The van der Waals surface area contributed by atoms with Crippen molar-refractivity contribution in [3.63, 3.8) is 0 Å². The summed E-state index contributed by atoms with van der Waals surface area (Å²) in [5.41, 5.74) is 1.78. The SMILES string of the molecule is CCOC(=O)C(C)Sc1nnnn1-c1cc(C)ccc1OC. The van der Waals surface area contributed by atoms with Crippen LogP contribution in [0.4, 0.5) is 0 Å². The molecule has 2 aromatic rings. The third-order valence-electron chi connectivity index (χ3n) is 2.90. The maximum atomic E-state index is 11.7. The van der Waals surface area contributed by atoms with Gasteiger partial charge in [0.05, 0.1) is 13.7 Å². The topological polar surface area (TPSA) is 79.1 Å². The largest absolute Gasteiger partial charge is 0.494 e. The van der Waals surface area contributed by atoms with E-state index in [-0.39, 0.29) is 5.97 Å². The lowest BCUT2D eigenvalue weighted by molar-refractivity contribution is -0.142. The van der Waals surface area contributed by atoms with Crippen LogP contribution in [0, 0.1) is 6.92 Å². The van der Waals surface area contributed by atoms with Crippen LogP contribution in [0.3, 0.4) is 0 Å². The highest BCUT2D eigenvalue weighted by atomic mass is 32.2. The Bertz CT molecular complexity index is 659. The summed E-state index contributed by atoms with van der Waals surface area (Å²) in [5.74, 6) is 0.363. The Labute approximate surface area is 133 Å². The van der Waals surface area contributed by atoms with Gasteiger partial charge in [0.25, 0.3) is 0 Å². The number of thioether (sulfide) groups is 1. The molecular weight excluding hydrogens is 304 g/mol. The van der Waals surface area contributed by atoms with Crippen LogP contribution in [0.1, 0.15) is 19.4 Å². The van der Waals surface area contributed by atoms with Gasteiger partial charge in [-0.2, -0.15) is 4.68 Å². The van der Waals surface area contributed by atoms with Gasteiger partial charge in [-0.05, 0) is 48.9 Å². The van der Waals surface area contributed by atoms with Gasteiger partial charge in [0.2, 0.25) is 5.16 Å². The van der Waals surface area contributed by atoms with Crippen LogP contribution in [-0.2, 0) is 9.53 Å². The number of methoxy groups -OCH3 is 1. The molecule has 1 aromatic carbocycles. The Morgan fingerprint density at radius 3 is 2.91 bits per heavy atom. The van der Waals surface area contributed by atoms with Crippen molar-refractivity contribution < 1.29 is 14.3 Å². The van der Waals surface area contributed by atoms with E-state index in [1.807, 2.05) is 25.1 Å². The number of ether oxygens (including phenoxy) is 2. The Kier molecular flexibility index (Phi) is 5.37. The highest BCUT2D eigenvalue weighted by molar-refractivity contribution is 8.00. The smallest absolute Gasteiger partial charge is 0.319 e. The highest BCUT2D eigenvalue weighted by Gasteiger charge is 2.21. The fourth-order valence-electron chi connectivity index (χ4n) is 1.83. The summed E-state index contributed by atoms with van der Waals surface area (Å²) in [6.07, 6.45) is 0. The molecule has 22 heavy (non-hydrogen) atoms. The summed E-state index contributed by atoms with van der Waals surface area (Å²) < 4.78 is 11.9. The van der Waals surface area contributed by atoms with Crippen molar-refractivity contribution in [1.29, 1.82) is 0 Å². The first-order chi connectivity index (χ1) is 10.6. The number of carbonyl (C=O) groups is 1. The van der Waals surface area contributed by atoms with Crippen molar-refractivity contribution in [3.05, 3.63) is 23.8 Å². The van der Waals surface area contributed by atoms with Crippen molar-refractivity contribution in [3.8, 4) is 11.4 Å². The fourth-order valence-corrected chi connectivity index (χ4v) is 2.63. The van der Waals surface area contributed by atoms with E-state index in [1.54, 1.807) is 25.6 Å². The molecule has 0 spiro atoms. The lowest BCUT2D eigenvalue weighted by atomic mass is 10.2.